The molecule has 0 radical (unpaired) electrons. The molecule has 0 bridgehead atoms. The van der Waals surface area contributed by atoms with E-state index in [0.717, 1.165) is 17.3 Å². The Hall–Kier alpha value is -1.85. The Bertz CT molecular complexity index is 754. The van der Waals surface area contributed by atoms with Crippen LogP contribution in [0.15, 0.2) is 53.0 Å². The molecule has 0 atom stereocenters. The van der Waals surface area contributed by atoms with Crippen LogP contribution in [-0.4, -0.2) is 35.8 Å². The van der Waals surface area contributed by atoms with Gasteiger partial charge in [0.25, 0.3) is 11.8 Å². The smallest absolute Gasteiger partial charge is 0.253 e. The van der Waals surface area contributed by atoms with E-state index in [-0.39, 0.29) is 17.9 Å². The molecule has 4 nitrogen and oxygen atoms in total. The van der Waals surface area contributed by atoms with Crippen LogP contribution in [0.4, 0.5) is 0 Å². The Morgan fingerprint density at radius 2 is 1.52 bits per heavy atom. The zero-order chi connectivity index (χ0) is 17.8. The van der Waals surface area contributed by atoms with Crippen LogP contribution in [0.2, 0.25) is 5.02 Å². The van der Waals surface area contributed by atoms with Crippen LogP contribution < -0.4 is 5.32 Å². The standard InChI is InChI=1S/C19H18BrClN2O2/c20-15-5-1-13(2-6-15)18(24)22-17-9-11-23(12-10-17)19(25)14-3-7-16(21)8-4-14/h1-8,17H,9-12H2,(H,22,24). The molecule has 25 heavy (non-hydrogen) atoms. The summed E-state index contributed by atoms with van der Waals surface area (Å²) in [6, 6.07) is 14.3. The molecule has 0 spiro atoms. The van der Waals surface area contributed by atoms with Gasteiger partial charge in [-0.1, -0.05) is 27.5 Å². The first-order valence-corrected chi connectivity index (χ1v) is 9.31. The molecule has 2 aromatic rings. The average molecular weight is 422 g/mol. The van der Waals surface area contributed by atoms with Gasteiger partial charge in [-0.25, -0.2) is 0 Å². The molecule has 3 rings (SSSR count). The number of rotatable bonds is 3. The monoisotopic (exact) mass is 420 g/mol. The summed E-state index contributed by atoms with van der Waals surface area (Å²) in [4.78, 5) is 26.6. The summed E-state index contributed by atoms with van der Waals surface area (Å²) in [5.41, 5.74) is 1.28. The number of likely N-dealkylation sites (tertiary alicyclic amines) is 1. The number of nitrogens with one attached hydrogen (secondary N) is 1. The predicted octanol–water partition coefficient (Wildman–Crippen LogP) is 4.14. The number of halogens is 2. The van der Waals surface area contributed by atoms with Crippen LogP contribution in [0.3, 0.4) is 0 Å². The lowest BCUT2D eigenvalue weighted by molar-refractivity contribution is 0.0698. The Labute approximate surface area is 160 Å². The number of amides is 2. The summed E-state index contributed by atoms with van der Waals surface area (Å²) in [5.74, 6) is -0.0654. The lowest BCUT2D eigenvalue weighted by atomic mass is 10.0. The largest absolute Gasteiger partial charge is 0.349 e. The van der Waals surface area contributed by atoms with E-state index in [0.29, 0.717) is 29.2 Å². The van der Waals surface area contributed by atoms with Gasteiger partial charge in [-0.2, -0.15) is 0 Å². The van der Waals surface area contributed by atoms with Gasteiger partial charge in [0.05, 0.1) is 0 Å². The third-order valence-corrected chi connectivity index (χ3v) is 5.10. The normalized spacial score (nSPS) is 15.0. The maximum absolute atomic E-state index is 12.5. The highest BCUT2D eigenvalue weighted by atomic mass is 79.9. The second-order valence-electron chi connectivity index (χ2n) is 6.05. The van der Waals surface area contributed by atoms with Crippen molar-refractivity contribution in [1.82, 2.24) is 10.2 Å². The molecule has 0 aliphatic carbocycles. The van der Waals surface area contributed by atoms with Crippen LogP contribution in [0, 0.1) is 0 Å². The number of hydrogen-bond donors (Lipinski definition) is 1. The van der Waals surface area contributed by atoms with E-state index in [9.17, 15) is 9.59 Å². The summed E-state index contributed by atoms with van der Waals surface area (Å²) < 4.78 is 0.943. The average Bonchev–Trinajstić information content (AvgIpc) is 2.63. The van der Waals surface area contributed by atoms with Crippen molar-refractivity contribution in [2.75, 3.05) is 13.1 Å². The Morgan fingerprint density at radius 1 is 0.960 bits per heavy atom. The molecule has 130 valence electrons. The van der Waals surface area contributed by atoms with Gasteiger partial charge in [-0.05, 0) is 61.4 Å². The van der Waals surface area contributed by atoms with Crippen LogP contribution in [0.5, 0.6) is 0 Å². The van der Waals surface area contributed by atoms with Crippen molar-refractivity contribution in [3.05, 3.63) is 69.2 Å². The SMILES string of the molecule is O=C(NC1CCN(C(=O)c2ccc(Cl)cc2)CC1)c1ccc(Br)cc1. The second kappa shape index (κ2) is 8.02. The van der Waals surface area contributed by atoms with Crippen molar-refractivity contribution >= 4 is 39.3 Å². The van der Waals surface area contributed by atoms with Crippen LogP contribution >= 0.6 is 27.5 Å². The fraction of sp³-hybridized carbons (Fsp3) is 0.263. The number of carbonyl (C=O) groups is 2. The molecule has 6 heteroatoms. The van der Waals surface area contributed by atoms with Crippen LogP contribution in [0.1, 0.15) is 33.6 Å². The maximum Gasteiger partial charge on any atom is 0.253 e. The van der Waals surface area contributed by atoms with Crippen molar-refractivity contribution in [2.45, 2.75) is 18.9 Å². The summed E-state index contributed by atoms with van der Waals surface area (Å²) in [6.45, 7) is 1.26. The molecule has 1 N–H and O–H groups in total. The number of piperidine rings is 1. The van der Waals surface area contributed by atoms with Crippen molar-refractivity contribution in [1.29, 1.82) is 0 Å². The van der Waals surface area contributed by atoms with E-state index in [1.165, 1.54) is 0 Å². The summed E-state index contributed by atoms with van der Waals surface area (Å²) in [7, 11) is 0. The van der Waals surface area contributed by atoms with Crippen molar-refractivity contribution < 1.29 is 9.59 Å². The molecule has 0 unspecified atom stereocenters. The zero-order valence-corrected chi connectivity index (χ0v) is 15.9. The molecule has 2 amide bonds. The highest BCUT2D eigenvalue weighted by molar-refractivity contribution is 9.10. The minimum Gasteiger partial charge on any atom is -0.349 e. The number of benzene rings is 2. The van der Waals surface area contributed by atoms with Crippen LogP contribution in [-0.2, 0) is 0 Å². The molecule has 0 aromatic heterocycles. The lowest BCUT2D eigenvalue weighted by Crippen LogP contribution is -2.46. The van der Waals surface area contributed by atoms with E-state index in [4.69, 9.17) is 11.6 Å². The highest BCUT2D eigenvalue weighted by Gasteiger charge is 2.24. The van der Waals surface area contributed by atoms with E-state index in [1.54, 1.807) is 36.4 Å². The molecular weight excluding hydrogens is 404 g/mol. The van der Waals surface area contributed by atoms with Gasteiger partial charge in [0.15, 0.2) is 0 Å². The van der Waals surface area contributed by atoms with Gasteiger partial charge in [0.1, 0.15) is 0 Å². The van der Waals surface area contributed by atoms with E-state index in [1.807, 2.05) is 17.0 Å². The maximum atomic E-state index is 12.5. The third-order valence-electron chi connectivity index (χ3n) is 4.31. The van der Waals surface area contributed by atoms with Gasteiger partial charge in [0, 0.05) is 39.8 Å². The molecule has 1 aliphatic heterocycles. The first kappa shape index (κ1) is 18.0. The minimum atomic E-state index is -0.0741. The molecule has 1 saturated heterocycles. The molecule has 1 fully saturated rings. The van der Waals surface area contributed by atoms with Gasteiger partial charge < -0.3 is 10.2 Å². The summed E-state index contributed by atoms with van der Waals surface area (Å²) in [6.07, 6.45) is 1.50. The zero-order valence-electron chi connectivity index (χ0n) is 13.5. The quantitative estimate of drug-likeness (QED) is 0.810. The van der Waals surface area contributed by atoms with Gasteiger partial charge >= 0.3 is 0 Å². The molecule has 1 heterocycles. The molecular formula is C19H18BrClN2O2. The first-order chi connectivity index (χ1) is 12.0. The Kier molecular flexibility index (Phi) is 5.76. The van der Waals surface area contributed by atoms with Crippen LogP contribution in [0.25, 0.3) is 0 Å². The van der Waals surface area contributed by atoms with Crippen molar-refractivity contribution in [2.24, 2.45) is 0 Å². The topological polar surface area (TPSA) is 49.4 Å². The molecule has 1 aliphatic rings. The van der Waals surface area contributed by atoms with Crippen molar-refractivity contribution in [3.8, 4) is 0 Å². The first-order valence-electron chi connectivity index (χ1n) is 8.14. The number of carbonyl (C=O) groups excluding carboxylic acids is 2. The van der Waals surface area contributed by atoms with Gasteiger partial charge in [-0.3, -0.25) is 9.59 Å². The molecule has 2 aromatic carbocycles. The second-order valence-corrected chi connectivity index (χ2v) is 7.41. The Morgan fingerprint density at radius 3 is 2.12 bits per heavy atom. The van der Waals surface area contributed by atoms with E-state index >= 15 is 0 Å². The number of hydrogen-bond acceptors (Lipinski definition) is 2. The van der Waals surface area contributed by atoms with Gasteiger partial charge in [0.2, 0.25) is 0 Å². The Balaban J connectivity index is 1.53. The predicted molar refractivity (Wildman–Crippen MR) is 102 cm³/mol. The fourth-order valence-electron chi connectivity index (χ4n) is 2.87. The summed E-state index contributed by atoms with van der Waals surface area (Å²) in [5, 5.41) is 3.67. The molecule has 0 saturated carbocycles. The van der Waals surface area contributed by atoms with Gasteiger partial charge in [-0.15, -0.1) is 0 Å². The lowest BCUT2D eigenvalue weighted by Gasteiger charge is -2.32. The van der Waals surface area contributed by atoms with E-state index < -0.39 is 0 Å². The number of nitrogens with zero attached hydrogens (tertiary/aromatic N) is 1. The summed E-state index contributed by atoms with van der Waals surface area (Å²) >= 11 is 9.22. The minimum absolute atomic E-state index is 0.00866. The van der Waals surface area contributed by atoms with E-state index in [2.05, 4.69) is 21.2 Å². The highest BCUT2D eigenvalue weighted by Crippen LogP contribution is 2.17. The van der Waals surface area contributed by atoms with Crippen molar-refractivity contribution in [3.63, 3.8) is 0 Å². The third kappa shape index (κ3) is 4.61. The fourth-order valence-corrected chi connectivity index (χ4v) is 3.26.